The van der Waals surface area contributed by atoms with E-state index in [1.54, 1.807) is 0 Å². The minimum atomic E-state index is -2.60. The lowest BCUT2D eigenvalue weighted by Crippen LogP contribution is -2.32. The van der Waals surface area contributed by atoms with Crippen molar-refractivity contribution in [3.63, 3.8) is 0 Å². The lowest BCUT2D eigenvalue weighted by atomic mass is 10.1. The van der Waals surface area contributed by atoms with Gasteiger partial charge in [-0.25, -0.2) is 4.79 Å². The van der Waals surface area contributed by atoms with Crippen LogP contribution in [-0.4, -0.2) is 11.6 Å². The molecule has 0 spiro atoms. The van der Waals surface area contributed by atoms with E-state index in [9.17, 15) is 4.79 Å². The fourth-order valence-corrected chi connectivity index (χ4v) is 8.28. The van der Waals surface area contributed by atoms with Gasteiger partial charge in [-0.3, -0.25) is 0 Å². The third kappa shape index (κ3) is 4.85. The van der Waals surface area contributed by atoms with Crippen molar-refractivity contribution in [2.24, 2.45) is 0 Å². The van der Waals surface area contributed by atoms with Crippen LogP contribution >= 0.6 is 6.04 Å². The summed E-state index contributed by atoms with van der Waals surface area (Å²) in [6.07, 6.45) is 0. The first-order valence-electron chi connectivity index (χ1n) is 10.9. The topological polar surface area (TPSA) is 26.3 Å². The molecule has 0 aromatic heterocycles. The molecule has 0 bridgehead atoms. The van der Waals surface area contributed by atoms with Crippen LogP contribution in [0.2, 0.25) is 0 Å². The second-order valence-electron chi connectivity index (χ2n) is 8.85. The van der Waals surface area contributed by atoms with Crippen LogP contribution < -0.4 is 15.9 Å². The zero-order valence-electron chi connectivity index (χ0n) is 19.1. The summed E-state index contributed by atoms with van der Waals surface area (Å²) < 4.78 is 5.78. The summed E-state index contributed by atoms with van der Waals surface area (Å²) in [5, 5.41) is 2.96. The molecular weight excluding hydrogens is 443 g/mol. The molecule has 0 N–H and O–H groups in total. The molecule has 0 amide bonds. The van der Waals surface area contributed by atoms with Gasteiger partial charge >= 0.3 is 5.97 Å². The van der Waals surface area contributed by atoms with E-state index in [-0.39, 0.29) is 5.97 Å². The normalized spacial score (nSPS) is 13.2. The average Bonchev–Trinajstić information content (AvgIpc) is 2.83. The van der Waals surface area contributed by atoms with Crippen LogP contribution in [0.25, 0.3) is 11.1 Å². The van der Waals surface area contributed by atoms with Gasteiger partial charge in [-0.2, -0.15) is 0 Å². The van der Waals surface area contributed by atoms with E-state index in [4.69, 9.17) is 16.5 Å². The Morgan fingerprint density at radius 2 is 1.21 bits per heavy atom. The van der Waals surface area contributed by atoms with Crippen LogP contribution in [0.1, 0.15) is 31.1 Å². The van der Waals surface area contributed by atoms with Gasteiger partial charge in [-0.1, -0.05) is 115 Å². The zero-order chi connectivity index (χ0) is 23.5. The van der Waals surface area contributed by atoms with E-state index in [0.29, 0.717) is 5.56 Å². The number of carbonyl (C=O) groups is 1. The summed E-state index contributed by atoms with van der Waals surface area (Å²) in [7, 11) is 0. The van der Waals surface area contributed by atoms with Gasteiger partial charge in [-0.15, -0.1) is 0 Å². The van der Waals surface area contributed by atoms with Crippen LogP contribution in [0.15, 0.2) is 109 Å². The van der Waals surface area contributed by atoms with E-state index in [0.717, 1.165) is 27.0 Å². The van der Waals surface area contributed by atoms with Crippen molar-refractivity contribution in [2.75, 3.05) is 0 Å². The average molecular weight is 471 g/mol. The first-order chi connectivity index (χ1) is 15.8. The maximum atomic E-state index is 13.3. The Kier molecular flexibility index (Phi) is 6.65. The number of carbonyl (C=O) groups excluding carboxylic acids is 1. The Morgan fingerprint density at radius 1 is 0.697 bits per heavy atom. The lowest BCUT2D eigenvalue weighted by molar-refractivity contribution is 0.00711. The molecule has 2 nitrogen and oxygen atoms in total. The van der Waals surface area contributed by atoms with E-state index >= 15 is 0 Å². The summed E-state index contributed by atoms with van der Waals surface area (Å²) in [5.41, 5.74) is 2.13. The smallest absolute Gasteiger partial charge is 0.339 e. The van der Waals surface area contributed by atoms with Gasteiger partial charge in [0.1, 0.15) is 5.60 Å². The number of rotatable bonds is 5. The van der Waals surface area contributed by atoms with Crippen molar-refractivity contribution in [3.8, 4) is 11.1 Å². The fourth-order valence-electron chi connectivity index (χ4n) is 3.91. The van der Waals surface area contributed by atoms with Crippen LogP contribution in [0.3, 0.4) is 0 Å². The molecule has 0 fully saturated rings. The van der Waals surface area contributed by atoms with Crippen molar-refractivity contribution in [3.05, 3.63) is 115 Å². The molecule has 1 atom stereocenters. The highest BCUT2D eigenvalue weighted by molar-refractivity contribution is 8.25. The Morgan fingerprint density at radius 3 is 1.85 bits per heavy atom. The van der Waals surface area contributed by atoms with Gasteiger partial charge in [0.05, 0.1) is 5.56 Å². The van der Waals surface area contributed by atoms with Crippen molar-refractivity contribution in [2.45, 2.75) is 26.4 Å². The lowest BCUT2D eigenvalue weighted by Gasteiger charge is -2.29. The maximum absolute atomic E-state index is 13.3. The van der Waals surface area contributed by atoms with Gasteiger partial charge in [0.2, 0.25) is 0 Å². The van der Waals surface area contributed by atoms with Crippen LogP contribution in [0.5, 0.6) is 0 Å². The quantitative estimate of drug-likeness (QED) is 0.262. The molecule has 4 heteroatoms. The zero-order valence-corrected chi connectivity index (χ0v) is 20.8. The molecule has 4 aromatic carbocycles. The molecule has 0 saturated carbocycles. The second kappa shape index (κ2) is 9.47. The van der Waals surface area contributed by atoms with Gasteiger partial charge < -0.3 is 4.74 Å². The van der Waals surface area contributed by atoms with E-state index in [2.05, 4.69) is 36.4 Å². The predicted octanol–water partition coefficient (Wildman–Crippen LogP) is 6.06. The van der Waals surface area contributed by atoms with Gasteiger partial charge in [0.15, 0.2) is 0 Å². The van der Waals surface area contributed by atoms with E-state index in [1.807, 2.05) is 93.6 Å². The number of ether oxygens (including phenoxy) is 1. The highest BCUT2D eigenvalue weighted by atomic mass is 32.4. The molecule has 0 unspecified atom stereocenters. The number of esters is 1. The molecule has 4 rings (SSSR count). The van der Waals surface area contributed by atoms with Crippen molar-refractivity contribution in [1.29, 1.82) is 0 Å². The second-order valence-corrected chi connectivity index (χ2v) is 13.2. The van der Waals surface area contributed by atoms with E-state index in [1.165, 1.54) is 0 Å². The van der Waals surface area contributed by atoms with Gasteiger partial charge in [0, 0.05) is 16.6 Å². The molecule has 0 aliphatic heterocycles. The Balaban J connectivity index is 2.02. The Bertz CT molecular complexity index is 1310. The minimum absolute atomic E-state index is 0.347. The van der Waals surface area contributed by atoms with Crippen LogP contribution in [0, 0.1) is 0 Å². The largest absolute Gasteiger partial charge is 0.456 e. The summed E-state index contributed by atoms with van der Waals surface area (Å²) >= 11 is 6.64. The van der Waals surface area contributed by atoms with Gasteiger partial charge in [-0.05, 0) is 43.3 Å². The molecule has 0 heterocycles. The molecule has 0 saturated heterocycles. The molecule has 33 heavy (non-hydrogen) atoms. The standard InChI is InChI=1S/C29H27O2PS/c1-29(2,3)31-28(30)25-19-11-13-21-27(25)32(33,23-16-8-5-9-17-23)26-20-12-10-18-24(26)22-14-6-4-7-15-22/h4-21H,1-3H3/t32-/m1/s1. The third-order valence-electron chi connectivity index (χ3n) is 5.31. The first-order valence-corrected chi connectivity index (χ1v) is 13.7. The van der Waals surface area contributed by atoms with Gasteiger partial charge in [0.25, 0.3) is 0 Å². The number of hydrogen-bond donors (Lipinski definition) is 0. The van der Waals surface area contributed by atoms with E-state index < -0.39 is 11.6 Å². The van der Waals surface area contributed by atoms with Crippen molar-refractivity contribution >= 4 is 39.7 Å². The minimum Gasteiger partial charge on any atom is -0.456 e. The predicted molar refractivity (Wildman–Crippen MR) is 143 cm³/mol. The summed E-state index contributed by atoms with van der Waals surface area (Å²) in [5.74, 6) is -0.347. The molecule has 166 valence electrons. The number of hydrogen-bond acceptors (Lipinski definition) is 3. The third-order valence-corrected chi connectivity index (χ3v) is 10.3. The van der Waals surface area contributed by atoms with Crippen molar-refractivity contribution < 1.29 is 9.53 Å². The Labute approximate surface area is 201 Å². The number of benzene rings is 4. The molecular formula is C29H27O2PS. The first kappa shape index (κ1) is 23.2. The summed E-state index contributed by atoms with van der Waals surface area (Å²) in [6, 6.07) is 33.8. The summed E-state index contributed by atoms with van der Waals surface area (Å²) in [4.78, 5) is 13.3. The SMILES string of the molecule is CC(C)(C)OC(=O)c1ccccc1[P@@](=S)(c1ccccc1)c1ccccc1-c1ccccc1. The highest BCUT2D eigenvalue weighted by Gasteiger charge is 2.32. The summed E-state index contributed by atoms with van der Waals surface area (Å²) in [6.45, 7) is 5.64. The molecule has 0 radical (unpaired) electrons. The monoisotopic (exact) mass is 470 g/mol. The molecule has 0 aliphatic rings. The highest BCUT2D eigenvalue weighted by Crippen LogP contribution is 2.46. The Hall–Kier alpha value is -3.00. The molecule has 4 aromatic rings. The fraction of sp³-hybridized carbons (Fsp3) is 0.138. The van der Waals surface area contributed by atoms with Crippen LogP contribution in [0.4, 0.5) is 0 Å². The maximum Gasteiger partial charge on any atom is 0.339 e. The van der Waals surface area contributed by atoms with Crippen molar-refractivity contribution in [1.82, 2.24) is 0 Å². The molecule has 0 aliphatic carbocycles. The van der Waals surface area contributed by atoms with Crippen LogP contribution in [-0.2, 0) is 16.5 Å².